The molecule has 1 aliphatic heterocycles. The Morgan fingerprint density at radius 2 is 1.65 bits per heavy atom. The first kappa shape index (κ1) is 20.8. The maximum atomic E-state index is 13.8. The third kappa shape index (κ3) is 4.25. The van der Waals surface area contributed by atoms with Crippen molar-refractivity contribution in [2.24, 2.45) is 11.3 Å². The van der Waals surface area contributed by atoms with Crippen LogP contribution in [0.4, 0.5) is 26.3 Å². The van der Waals surface area contributed by atoms with Gasteiger partial charge in [-0.05, 0) is 31.6 Å². The highest BCUT2D eigenvalue weighted by Crippen LogP contribution is 2.47. The minimum absolute atomic E-state index is 0.290. The summed E-state index contributed by atoms with van der Waals surface area (Å²) in [6.07, 6.45) is -8.00. The van der Waals surface area contributed by atoms with Gasteiger partial charge in [0.2, 0.25) is 11.8 Å². The monoisotopic (exact) mass is 388 g/mol. The summed E-state index contributed by atoms with van der Waals surface area (Å²) in [5.74, 6) is -2.08. The third-order valence-corrected chi connectivity index (χ3v) is 5.07. The predicted molar refractivity (Wildman–Crippen MR) is 80.4 cm³/mol. The first-order valence-electron chi connectivity index (χ1n) is 8.57. The number of rotatable bonds is 8. The molecule has 150 valence electrons. The van der Waals surface area contributed by atoms with Crippen LogP contribution in [-0.2, 0) is 9.59 Å². The number of nitrogens with zero attached hydrogens (tertiary/aromatic N) is 1. The lowest BCUT2D eigenvalue weighted by Crippen LogP contribution is -2.56. The van der Waals surface area contributed by atoms with Crippen molar-refractivity contribution < 1.29 is 35.9 Å². The standard InChI is InChI=1S/C16H22F6N2O2/c17-5-3-15(4-6-18,16(20,21)22)14(26)24-9-11(19)7-12(24)13(25)23-8-10-1-2-10/h10-12H,1-9H2,(H,23,25)/t11-,12+/m1/s1. The molecule has 1 heterocycles. The van der Waals surface area contributed by atoms with Gasteiger partial charge >= 0.3 is 6.18 Å². The lowest BCUT2D eigenvalue weighted by Gasteiger charge is -2.38. The van der Waals surface area contributed by atoms with Gasteiger partial charge in [-0.2, -0.15) is 13.2 Å². The molecular weight excluding hydrogens is 366 g/mol. The van der Waals surface area contributed by atoms with Gasteiger partial charge in [-0.25, -0.2) is 4.39 Å². The molecule has 0 bridgehead atoms. The second-order valence-corrected chi connectivity index (χ2v) is 6.95. The van der Waals surface area contributed by atoms with Crippen molar-refractivity contribution in [1.82, 2.24) is 10.2 Å². The summed E-state index contributed by atoms with van der Waals surface area (Å²) in [7, 11) is 0. The molecular formula is C16H22F6N2O2. The van der Waals surface area contributed by atoms with Gasteiger partial charge in [0.15, 0.2) is 0 Å². The molecule has 0 unspecified atom stereocenters. The van der Waals surface area contributed by atoms with Crippen LogP contribution < -0.4 is 5.32 Å². The third-order valence-electron chi connectivity index (χ3n) is 5.07. The lowest BCUT2D eigenvalue weighted by molar-refractivity contribution is -0.233. The Balaban J connectivity index is 2.24. The van der Waals surface area contributed by atoms with Crippen LogP contribution in [0.2, 0.25) is 0 Å². The molecule has 0 aromatic rings. The van der Waals surface area contributed by atoms with Crippen LogP contribution in [0.5, 0.6) is 0 Å². The number of nitrogens with one attached hydrogen (secondary N) is 1. The molecule has 0 aromatic heterocycles. The number of hydrogen-bond acceptors (Lipinski definition) is 2. The fraction of sp³-hybridized carbons (Fsp3) is 0.875. The van der Waals surface area contributed by atoms with Crippen LogP contribution in [-0.4, -0.2) is 61.5 Å². The molecule has 0 aromatic carbocycles. The van der Waals surface area contributed by atoms with Gasteiger partial charge in [0.05, 0.1) is 19.9 Å². The highest BCUT2D eigenvalue weighted by Gasteiger charge is 2.62. The van der Waals surface area contributed by atoms with E-state index in [1.54, 1.807) is 0 Å². The van der Waals surface area contributed by atoms with E-state index in [9.17, 15) is 35.9 Å². The van der Waals surface area contributed by atoms with Crippen molar-refractivity contribution in [2.75, 3.05) is 26.4 Å². The fourth-order valence-corrected chi connectivity index (χ4v) is 3.28. The zero-order valence-corrected chi connectivity index (χ0v) is 14.1. The summed E-state index contributed by atoms with van der Waals surface area (Å²) in [5, 5.41) is 2.52. The number of alkyl halides is 6. The van der Waals surface area contributed by atoms with Crippen molar-refractivity contribution in [3.8, 4) is 0 Å². The molecule has 26 heavy (non-hydrogen) atoms. The molecule has 2 atom stereocenters. The quantitative estimate of drug-likeness (QED) is 0.650. The molecule has 2 amide bonds. The van der Waals surface area contributed by atoms with Crippen molar-refractivity contribution in [3.05, 3.63) is 0 Å². The second-order valence-electron chi connectivity index (χ2n) is 6.95. The Morgan fingerprint density at radius 1 is 1.08 bits per heavy atom. The number of halogens is 6. The van der Waals surface area contributed by atoms with E-state index in [-0.39, 0.29) is 5.92 Å². The summed E-state index contributed by atoms with van der Waals surface area (Å²) < 4.78 is 80.1. The average molecular weight is 388 g/mol. The van der Waals surface area contributed by atoms with Gasteiger partial charge in [0.1, 0.15) is 17.6 Å². The summed E-state index contributed by atoms with van der Waals surface area (Å²) in [6, 6.07) is -1.41. The first-order chi connectivity index (χ1) is 12.2. The van der Waals surface area contributed by atoms with E-state index in [1.165, 1.54) is 0 Å². The van der Waals surface area contributed by atoms with E-state index in [0.29, 0.717) is 11.4 Å². The summed E-state index contributed by atoms with van der Waals surface area (Å²) in [5.41, 5.74) is -3.30. The Kier molecular flexibility index (Phi) is 6.44. The number of carbonyl (C=O) groups excluding carboxylic acids is 2. The number of hydrogen-bond donors (Lipinski definition) is 1. The largest absolute Gasteiger partial charge is 0.403 e. The van der Waals surface area contributed by atoms with E-state index < -0.39 is 74.8 Å². The first-order valence-corrected chi connectivity index (χ1v) is 8.57. The summed E-state index contributed by atoms with van der Waals surface area (Å²) in [4.78, 5) is 25.4. The molecule has 4 nitrogen and oxygen atoms in total. The Labute approximate surface area is 147 Å². The van der Waals surface area contributed by atoms with Crippen molar-refractivity contribution in [2.45, 2.75) is 50.5 Å². The lowest BCUT2D eigenvalue weighted by atomic mass is 9.79. The summed E-state index contributed by atoms with van der Waals surface area (Å²) in [6.45, 7) is -3.36. The van der Waals surface area contributed by atoms with E-state index >= 15 is 0 Å². The van der Waals surface area contributed by atoms with E-state index in [2.05, 4.69) is 5.32 Å². The maximum Gasteiger partial charge on any atom is 0.403 e. The zero-order valence-electron chi connectivity index (χ0n) is 14.1. The van der Waals surface area contributed by atoms with Gasteiger partial charge in [-0.15, -0.1) is 0 Å². The minimum Gasteiger partial charge on any atom is -0.354 e. The molecule has 1 saturated carbocycles. The number of carbonyl (C=O) groups is 2. The van der Waals surface area contributed by atoms with E-state index in [1.807, 2.05) is 0 Å². The Hall–Kier alpha value is -1.48. The smallest absolute Gasteiger partial charge is 0.354 e. The van der Waals surface area contributed by atoms with Crippen LogP contribution in [0.15, 0.2) is 0 Å². The topological polar surface area (TPSA) is 49.4 Å². The van der Waals surface area contributed by atoms with Crippen LogP contribution >= 0.6 is 0 Å². The van der Waals surface area contributed by atoms with Gasteiger partial charge in [0.25, 0.3) is 0 Å². The van der Waals surface area contributed by atoms with Gasteiger partial charge in [0, 0.05) is 13.0 Å². The minimum atomic E-state index is -5.22. The van der Waals surface area contributed by atoms with Gasteiger partial charge in [-0.3, -0.25) is 18.4 Å². The average Bonchev–Trinajstić information content (AvgIpc) is 3.30. The van der Waals surface area contributed by atoms with Gasteiger partial charge in [-0.1, -0.05) is 0 Å². The Morgan fingerprint density at radius 3 is 2.12 bits per heavy atom. The molecule has 1 saturated heterocycles. The van der Waals surface area contributed by atoms with Crippen molar-refractivity contribution in [1.29, 1.82) is 0 Å². The van der Waals surface area contributed by atoms with E-state index in [0.717, 1.165) is 12.8 Å². The van der Waals surface area contributed by atoms with Crippen molar-refractivity contribution >= 4 is 11.8 Å². The van der Waals surface area contributed by atoms with Crippen LogP contribution in [0.25, 0.3) is 0 Å². The number of amides is 2. The molecule has 10 heteroatoms. The fourth-order valence-electron chi connectivity index (χ4n) is 3.28. The van der Waals surface area contributed by atoms with Gasteiger partial charge < -0.3 is 10.2 Å². The van der Waals surface area contributed by atoms with E-state index in [4.69, 9.17) is 0 Å². The second kappa shape index (κ2) is 8.04. The highest BCUT2D eigenvalue weighted by atomic mass is 19.4. The SMILES string of the molecule is O=C(NCC1CC1)[C@@H]1C[C@@H](F)CN1C(=O)C(CCF)(CCF)C(F)(F)F. The molecule has 0 spiro atoms. The molecule has 1 aliphatic carbocycles. The van der Waals surface area contributed by atoms with Crippen molar-refractivity contribution in [3.63, 3.8) is 0 Å². The Bertz CT molecular complexity index is 517. The van der Waals surface area contributed by atoms with Crippen LogP contribution in [0, 0.1) is 11.3 Å². The zero-order chi connectivity index (χ0) is 19.5. The molecule has 0 radical (unpaired) electrons. The molecule has 2 fully saturated rings. The predicted octanol–water partition coefficient (Wildman–Crippen LogP) is 2.72. The molecule has 1 N–H and O–H groups in total. The number of likely N-dealkylation sites (tertiary alicyclic amines) is 1. The van der Waals surface area contributed by atoms with Crippen LogP contribution in [0.1, 0.15) is 32.1 Å². The highest BCUT2D eigenvalue weighted by molar-refractivity contribution is 5.91. The van der Waals surface area contributed by atoms with Crippen LogP contribution in [0.3, 0.4) is 0 Å². The normalized spacial score (nSPS) is 24.0. The molecule has 2 aliphatic rings. The maximum absolute atomic E-state index is 13.8. The summed E-state index contributed by atoms with van der Waals surface area (Å²) >= 11 is 0. The molecule has 2 rings (SSSR count).